The fourth-order valence-corrected chi connectivity index (χ4v) is 1.11. The van der Waals surface area contributed by atoms with Crippen LogP contribution in [0.15, 0.2) is 12.1 Å². The summed E-state index contributed by atoms with van der Waals surface area (Å²) in [5, 5.41) is 2.32. The summed E-state index contributed by atoms with van der Waals surface area (Å²) >= 11 is 3.13. The zero-order valence-corrected chi connectivity index (χ0v) is 10.8. The molecule has 2 nitrogen and oxygen atoms in total. The summed E-state index contributed by atoms with van der Waals surface area (Å²) in [6.45, 7) is 4.69. The van der Waals surface area contributed by atoms with Crippen LogP contribution in [-0.2, 0) is 4.79 Å². The second-order valence-electron chi connectivity index (χ2n) is 4.01. The van der Waals surface area contributed by atoms with Gasteiger partial charge >= 0.3 is 0 Å². The molecule has 16 heavy (non-hydrogen) atoms. The molecule has 0 bridgehead atoms. The molecule has 0 heterocycles. The van der Waals surface area contributed by atoms with Crippen LogP contribution in [-0.4, -0.2) is 10.2 Å². The molecule has 0 radical (unpaired) electrons. The SMILES string of the molecule is Cc1cc(F)c(NC(=O)C(C)(C)Br)cc1F. The van der Waals surface area contributed by atoms with E-state index >= 15 is 0 Å². The molecule has 0 saturated heterocycles. The third-order valence-corrected chi connectivity index (χ3v) is 2.40. The number of hydrogen-bond acceptors (Lipinski definition) is 1. The molecule has 0 saturated carbocycles. The van der Waals surface area contributed by atoms with Gasteiger partial charge in [-0.3, -0.25) is 4.79 Å². The largest absolute Gasteiger partial charge is 0.322 e. The molecule has 1 N–H and O–H groups in total. The highest BCUT2D eigenvalue weighted by Gasteiger charge is 2.24. The molecule has 88 valence electrons. The Bertz CT molecular complexity index is 427. The lowest BCUT2D eigenvalue weighted by Crippen LogP contribution is -2.31. The molecule has 5 heteroatoms. The van der Waals surface area contributed by atoms with Crippen molar-refractivity contribution in [1.29, 1.82) is 0 Å². The first-order chi connectivity index (χ1) is 7.21. The van der Waals surface area contributed by atoms with Crippen LogP contribution in [0.2, 0.25) is 0 Å². The number of amides is 1. The van der Waals surface area contributed by atoms with Gasteiger partial charge in [0.25, 0.3) is 0 Å². The minimum atomic E-state index is -0.833. The van der Waals surface area contributed by atoms with Crippen LogP contribution < -0.4 is 5.32 Å². The minimum absolute atomic E-state index is 0.152. The van der Waals surface area contributed by atoms with E-state index in [9.17, 15) is 13.6 Å². The monoisotopic (exact) mass is 291 g/mol. The van der Waals surface area contributed by atoms with Crippen molar-refractivity contribution in [2.24, 2.45) is 0 Å². The molecule has 1 aromatic rings. The smallest absolute Gasteiger partial charge is 0.240 e. The summed E-state index contributed by atoms with van der Waals surface area (Å²) in [7, 11) is 0. The lowest BCUT2D eigenvalue weighted by Gasteiger charge is -2.16. The standard InChI is InChI=1S/C11H12BrF2NO/c1-6-4-8(14)9(5-7(6)13)15-10(16)11(2,3)12/h4-5H,1-3H3,(H,15,16). The number of aryl methyl sites for hydroxylation is 1. The summed E-state index contributed by atoms with van der Waals surface area (Å²) in [5.74, 6) is -1.64. The van der Waals surface area contributed by atoms with E-state index in [1.54, 1.807) is 13.8 Å². The Balaban J connectivity index is 2.99. The fraction of sp³-hybridized carbons (Fsp3) is 0.364. The van der Waals surface area contributed by atoms with E-state index in [1.165, 1.54) is 6.92 Å². The van der Waals surface area contributed by atoms with E-state index in [4.69, 9.17) is 0 Å². The first-order valence-electron chi connectivity index (χ1n) is 4.68. The second kappa shape index (κ2) is 4.49. The molecular weight excluding hydrogens is 280 g/mol. The predicted molar refractivity (Wildman–Crippen MR) is 62.7 cm³/mol. The first kappa shape index (κ1) is 13.1. The van der Waals surface area contributed by atoms with Crippen molar-refractivity contribution in [3.63, 3.8) is 0 Å². The van der Waals surface area contributed by atoms with E-state index in [0.29, 0.717) is 0 Å². The van der Waals surface area contributed by atoms with Gasteiger partial charge in [0.1, 0.15) is 11.6 Å². The summed E-state index contributed by atoms with van der Waals surface area (Å²) in [4.78, 5) is 11.5. The molecule has 0 aliphatic heterocycles. The number of alkyl halides is 1. The van der Waals surface area contributed by atoms with Crippen LogP contribution in [0.5, 0.6) is 0 Å². The zero-order chi connectivity index (χ0) is 12.5. The maximum absolute atomic E-state index is 13.4. The predicted octanol–water partition coefficient (Wildman–Crippen LogP) is 3.39. The summed E-state index contributed by atoms with van der Waals surface area (Å²) < 4.78 is 25.7. The normalized spacial score (nSPS) is 11.4. The highest BCUT2D eigenvalue weighted by atomic mass is 79.9. The van der Waals surface area contributed by atoms with Crippen LogP contribution in [0.3, 0.4) is 0 Å². The molecule has 1 rings (SSSR count). The number of nitrogens with one attached hydrogen (secondary N) is 1. The second-order valence-corrected chi connectivity index (χ2v) is 5.99. The molecule has 1 amide bonds. The summed E-state index contributed by atoms with van der Waals surface area (Å²) in [6.07, 6.45) is 0. The number of hydrogen-bond donors (Lipinski definition) is 1. The summed E-state index contributed by atoms with van der Waals surface area (Å²) in [5.41, 5.74) is 0.0502. The lowest BCUT2D eigenvalue weighted by atomic mass is 10.1. The summed E-state index contributed by atoms with van der Waals surface area (Å²) in [6, 6.07) is 2.02. The first-order valence-corrected chi connectivity index (χ1v) is 5.47. The van der Waals surface area contributed by atoms with Gasteiger partial charge in [-0.2, -0.15) is 0 Å². The third kappa shape index (κ3) is 3.01. The quantitative estimate of drug-likeness (QED) is 0.832. The molecule has 0 unspecified atom stereocenters. The van der Waals surface area contributed by atoms with Gasteiger partial charge < -0.3 is 5.32 Å². The molecule has 0 spiro atoms. The molecule has 1 aromatic carbocycles. The van der Waals surface area contributed by atoms with Gasteiger partial charge in [-0.1, -0.05) is 15.9 Å². The van der Waals surface area contributed by atoms with Gasteiger partial charge in [-0.15, -0.1) is 0 Å². The average molecular weight is 292 g/mol. The van der Waals surface area contributed by atoms with E-state index in [-0.39, 0.29) is 11.3 Å². The van der Waals surface area contributed by atoms with E-state index in [2.05, 4.69) is 21.2 Å². The van der Waals surface area contributed by atoms with Crippen LogP contribution >= 0.6 is 15.9 Å². The number of carbonyl (C=O) groups excluding carboxylic acids is 1. The molecule has 0 atom stereocenters. The molecule has 0 aliphatic rings. The number of carbonyl (C=O) groups is 1. The van der Waals surface area contributed by atoms with E-state index in [1.807, 2.05) is 0 Å². The zero-order valence-electron chi connectivity index (χ0n) is 9.20. The van der Waals surface area contributed by atoms with E-state index in [0.717, 1.165) is 12.1 Å². The Morgan fingerprint density at radius 3 is 2.38 bits per heavy atom. The van der Waals surface area contributed by atoms with Gasteiger partial charge in [-0.05, 0) is 32.4 Å². The maximum Gasteiger partial charge on any atom is 0.240 e. The Morgan fingerprint density at radius 1 is 1.31 bits per heavy atom. The topological polar surface area (TPSA) is 29.1 Å². The van der Waals surface area contributed by atoms with Gasteiger partial charge in [-0.25, -0.2) is 8.78 Å². The van der Waals surface area contributed by atoms with Crippen LogP contribution in [0.25, 0.3) is 0 Å². The molecule has 0 aromatic heterocycles. The highest BCUT2D eigenvalue weighted by molar-refractivity contribution is 9.10. The highest BCUT2D eigenvalue weighted by Crippen LogP contribution is 2.22. The van der Waals surface area contributed by atoms with Crippen LogP contribution in [0, 0.1) is 18.6 Å². The number of rotatable bonds is 2. The van der Waals surface area contributed by atoms with Crippen LogP contribution in [0.1, 0.15) is 19.4 Å². The maximum atomic E-state index is 13.4. The molecular formula is C11H12BrF2NO. The number of halogens is 3. The van der Waals surface area contributed by atoms with Crippen molar-refractivity contribution in [3.8, 4) is 0 Å². The van der Waals surface area contributed by atoms with Gasteiger partial charge in [0, 0.05) is 6.07 Å². The van der Waals surface area contributed by atoms with Crippen molar-refractivity contribution in [3.05, 3.63) is 29.3 Å². The van der Waals surface area contributed by atoms with Crippen molar-refractivity contribution in [2.75, 3.05) is 5.32 Å². The molecule has 0 aliphatic carbocycles. The Kier molecular flexibility index (Phi) is 3.68. The van der Waals surface area contributed by atoms with Crippen molar-refractivity contribution >= 4 is 27.5 Å². The third-order valence-electron chi connectivity index (χ3n) is 2.04. The lowest BCUT2D eigenvalue weighted by molar-refractivity contribution is -0.117. The number of anilines is 1. The molecule has 0 fully saturated rings. The van der Waals surface area contributed by atoms with E-state index < -0.39 is 21.9 Å². The van der Waals surface area contributed by atoms with Crippen molar-refractivity contribution in [2.45, 2.75) is 25.1 Å². The van der Waals surface area contributed by atoms with Gasteiger partial charge in [0.05, 0.1) is 10.0 Å². The van der Waals surface area contributed by atoms with Crippen molar-refractivity contribution < 1.29 is 13.6 Å². The Hall–Kier alpha value is -0.970. The van der Waals surface area contributed by atoms with Crippen molar-refractivity contribution in [1.82, 2.24) is 0 Å². The minimum Gasteiger partial charge on any atom is -0.322 e. The van der Waals surface area contributed by atoms with Gasteiger partial charge in [0.2, 0.25) is 5.91 Å². The average Bonchev–Trinajstić information content (AvgIpc) is 2.12. The van der Waals surface area contributed by atoms with Gasteiger partial charge in [0.15, 0.2) is 0 Å². The Labute approximate surface area is 101 Å². The fourth-order valence-electron chi connectivity index (χ4n) is 1.01. The van der Waals surface area contributed by atoms with Crippen LogP contribution in [0.4, 0.5) is 14.5 Å². The Morgan fingerprint density at radius 2 is 1.88 bits per heavy atom. The number of benzene rings is 1.